The highest BCUT2D eigenvalue weighted by Gasteiger charge is 2.31. The number of aliphatic hydroxyl groups is 1. The number of anilines is 2. The second kappa shape index (κ2) is 14.7. The van der Waals surface area contributed by atoms with Crippen LogP contribution in [0.25, 0.3) is 11.4 Å². The summed E-state index contributed by atoms with van der Waals surface area (Å²) < 4.78 is 6.62. The third-order valence-electron chi connectivity index (χ3n) is 7.81. The van der Waals surface area contributed by atoms with Gasteiger partial charge in [-0.1, -0.05) is 19.1 Å². The molecule has 4 aromatic rings. The lowest BCUT2D eigenvalue weighted by atomic mass is 10.0. The number of fused-ring (bicyclic) bond motifs is 1. The molecule has 3 heterocycles. The number of hydrogen-bond donors (Lipinski definition) is 3. The molecule has 0 aliphatic carbocycles. The molecule has 11 heteroatoms. The maximum Gasteiger partial charge on any atom is 0.323 e. The van der Waals surface area contributed by atoms with Gasteiger partial charge in [0.25, 0.3) is 0 Å². The Morgan fingerprint density at radius 3 is 2.51 bits per heavy atom. The highest BCUT2D eigenvalue weighted by molar-refractivity contribution is 6.00. The summed E-state index contributed by atoms with van der Waals surface area (Å²) in [5.74, 6) is 1.03. The number of aromatic nitrogens is 3. The number of likely N-dealkylation sites (N-methyl/N-ethyl adjacent to an activating group) is 1. The molecule has 0 saturated heterocycles. The van der Waals surface area contributed by atoms with E-state index in [1.54, 1.807) is 66.1 Å². The van der Waals surface area contributed by atoms with E-state index in [-0.39, 0.29) is 37.0 Å². The summed E-state index contributed by atoms with van der Waals surface area (Å²) in [6.07, 6.45) is 6.72. The second-order valence-corrected chi connectivity index (χ2v) is 11.5. The van der Waals surface area contributed by atoms with Gasteiger partial charge in [-0.15, -0.1) is 0 Å². The van der Waals surface area contributed by atoms with E-state index in [2.05, 4.69) is 37.4 Å². The number of aliphatic hydroxyl groups excluding tert-OH is 1. The standard InChI is InChI=1S/C34H39N7O4/c1-23-19-41(24(2)22-42)32(43)18-27-17-29(8-9-30(27)45-31(23)21-40(3)20-25-10-14-35-15-11-25)39-34(44)38-28-7-4-6-26(16-28)33-36-12-5-13-37-33/h4-17,23-24,31,42H,18-22H2,1-3H3,(H2,38,39,44)/t23?,24-,31-/m0/s1. The summed E-state index contributed by atoms with van der Waals surface area (Å²) >= 11 is 0. The van der Waals surface area contributed by atoms with Crippen molar-refractivity contribution in [3.05, 3.63) is 96.6 Å². The van der Waals surface area contributed by atoms with Gasteiger partial charge in [0, 0.05) is 72.8 Å². The molecule has 0 radical (unpaired) electrons. The van der Waals surface area contributed by atoms with Gasteiger partial charge in [-0.05, 0) is 68.1 Å². The van der Waals surface area contributed by atoms with Crippen molar-refractivity contribution in [1.82, 2.24) is 24.8 Å². The molecule has 11 nitrogen and oxygen atoms in total. The SMILES string of the molecule is CC1CN([C@@H](C)CO)C(=O)Cc2cc(NC(=O)Nc3cccc(-c4ncccn4)c3)ccc2O[C@H]1CN(C)Cc1ccncc1. The Hall–Kier alpha value is -4.87. The number of rotatable bonds is 9. The maximum absolute atomic E-state index is 13.6. The fourth-order valence-electron chi connectivity index (χ4n) is 5.37. The van der Waals surface area contributed by atoms with Crippen LogP contribution in [0, 0.1) is 5.92 Å². The fourth-order valence-corrected chi connectivity index (χ4v) is 5.37. The molecule has 3 atom stereocenters. The molecule has 0 bridgehead atoms. The Bertz CT molecular complexity index is 1590. The molecule has 0 saturated carbocycles. The predicted molar refractivity (Wildman–Crippen MR) is 173 cm³/mol. The molecule has 5 rings (SSSR count). The number of urea groups is 1. The Balaban J connectivity index is 1.34. The highest BCUT2D eigenvalue weighted by atomic mass is 16.5. The highest BCUT2D eigenvalue weighted by Crippen LogP contribution is 2.29. The van der Waals surface area contributed by atoms with Crippen molar-refractivity contribution in [3.8, 4) is 17.1 Å². The summed E-state index contributed by atoms with van der Waals surface area (Å²) in [5, 5.41) is 15.7. The average Bonchev–Trinajstić information content (AvgIpc) is 3.09. The largest absolute Gasteiger partial charge is 0.488 e. The number of amides is 3. The summed E-state index contributed by atoms with van der Waals surface area (Å²) in [4.78, 5) is 43.1. The first-order valence-electron chi connectivity index (χ1n) is 15.0. The maximum atomic E-state index is 13.6. The first-order chi connectivity index (χ1) is 21.8. The lowest BCUT2D eigenvalue weighted by molar-refractivity contribution is -0.134. The molecule has 1 unspecified atom stereocenters. The second-order valence-electron chi connectivity index (χ2n) is 11.5. The van der Waals surface area contributed by atoms with Gasteiger partial charge in [0.1, 0.15) is 11.9 Å². The minimum atomic E-state index is -0.434. The molecule has 0 spiro atoms. The van der Waals surface area contributed by atoms with E-state index in [0.29, 0.717) is 41.6 Å². The Morgan fingerprint density at radius 1 is 1.04 bits per heavy atom. The van der Waals surface area contributed by atoms with Gasteiger partial charge in [-0.2, -0.15) is 0 Å². The van der Waals surface area contributed by atoms with Gasteiger partial charge in [-0.3, -0.25) is 14.7 Å². The molecule has 2 aromatic heterocycles. The fraction of sp³-hybridized carbons (Fsp3) is 0.324. The molecule has 3 amide bonds. The number of ether oxygens (including phenoxy) is 1. The van der Waals surface area contributed by atoms with E-state index in [0.717, 1.165) is 17.7 Å². The summed E-state index contributed by atoms with van der Waals surface area (Å²) in [7, 11) is 2.04. The number of benzene rings is 2. The van der Waals surface area contributed by atoms with Crippen LogP contribution in [0.5, 0.6) is 5.75 Å². The van der Waals surface area contributed by atoms with Crippen molar-refractivity contribution in [2.75, 3.05) is 37.4 Å². The number of carbonyl (C=O) groups is 2. The first kappa shape index (κ1) is 31.6. The van der Waals surface area contributed by atoms with Crippen molar-refractivity contribution < 1.29 is 19.4 Å². The van der Waals surface area contributed by atoms with Gasteiger partial charge >= 0.3 is 6.03 Å². The lowest BCUT2D eigenvalue weighted by Gasteiger charge is -2.34. The minimum absolute atomic E-state index is 0.0191. The van der Waals surface area contributed by atoms with E-state index < -0.39 is 6.03 Å². The van der Waals surface area contributed by atoms with Gasteiger partial charge < -0.3 is 25.4 Å². The molecule has 1 aliphatic rings. The Kier molecular flexibility index (Phi) is 10.3. The normalized spacial score (nSPS) is 17.4. The molecule has 234 valence electrons. The van der Waals surface area contributed by atoms with Crippen molar-refractivity contribution >= 4 is 23.3 Å². The van der Waals surface area contributed by atoms with Crippen molar-refractivity contribution in [3.63, 3.8) is 0 Å². The summed E-state index contributed by atoms with van der Waals surface area (Å²) in [6, 6.07) is 17.6. The number of carbonyl (C=O) groups excluding carboxylic acids is 2. The van der Waals surface area contributed by atoms with Crippen LogP contribution in [0.4, 0.5) is 16.2 Å². The zero-order valence-electron chi connectivity index (χ0n) is 25.8. The van der Waals surface area contributed by atoms with E-state index in [1.807, 2.05) is 38.2 Å². The van der Waals surface area contributed by atoms with Gasteiger partial charge in [0.05, 0.1) is 19.1 Å². The smallest absolute Gasteiger partial charge is 0.323 e. The Morgan fingerprint density at radius 2 is 1.78 bits per heavy atom. The molecule has 45 heavy (non-hydrogen) atoms. The van der Waals surface area contributed by atoms with E-state index in [4.69, 9.17) is 4.74 Å². The van der Waals surface area contributed by atoms with E-state index >= 15 is 0 Å². The Labute approximate surface area is 263 Å². The van der Waals surface area contributed by atoms with Gasteiger partial charge in [-0.25, -0.2) is 14.8 Å². The van der Waals surface area contributed by atoms with Gasteiger partial charge in [0.15, 0.2) is 5.82 Å². The van der Waals surface area contributed by atoms with Crippen LogP contribution in [0.15, 0.2) is 85.5 Å². The molecular formula is C34H39N7O4. The predicted octanol–water partition coefficient (Wildman–Crippen LogP) is 4.46. The van der Waals surface area contributed by atoms with Gasteiger partial charge in [0.2, 0.25) is 5.91 Å². The molecule has 2 aromatic carbocycles. The van der Waals surface area contributed by atoms with Crippen molar-refractivity contribution in [2.24, 2.45) is 5.92 Å². The molecule has 1 aliphatic heterocycles. The van der Waals surface area contributed by atoms with Crippen LogP contribution in [0.2, 0.25) is 0 Å². The quantitative estimate of drug-likeness (QED) is 0.253. The summed E-state index contributed by atoms with van der Waals surface area (Å²) in [6.45, 7) is 5.56. The third kappa shape index (κ3) is 8.40. The van der Waals surface area contributed by atoms with Crippen LogP contribution in [-0.2, 0) is 17.8 Å². The van der Waals surface area contributed by atoms with Crippen LogP contribution >= 0.6 is 0 Å². The number of nitrogens with zero attached hydrogens (tertiary/aromatic N) is 5. The summed E-state index contributed by atoms with van der Waals surface area (Å²) in [5.41, 5.74) is 3.68. The number of pyridine rings is 1. The third-order valence-corrected chi connectivity index (χ3v) is 7.81. The lowest BCUT2D eigenvalue weighted by Crippen LogP contribution is -2.47. The van der Waals surface area contributed by atoms with E-state index in [1.165, 1.54) is 0 Å². The zero-order chi connectivity index (χ0) is 31.8. The molecular weight excluding hydrogens is 570 g/mol. The van der Waals surface area contributed by atoms with Crippen LogP contribution in [-0.4, -0.2) is 80.7 Å². The van der Waals surface area contributed by atoms with Crippen LogP contribution < -0.4 is 15.4 Å². The van der Waals surface area contributed by atoms with Crippen molar-refractivity contribution in [2.45, 2.75) is 39.0 Å². The monoisotopic (exact) mass is 609 g/mol. The molecule has 0 fully saturated rings. The minimum Gasteiger partial charge on any atom is -0.488 e. The first-order valence-corrected chi connectivity index (χ1v) is 15.0. The number of nitrogens with one attached hydrogen (secondary N) is 2. The number of hydrogen-bond acceptors (Lipinski definition) is 8. The zero-order valence-corrected chi connectivity index (χ0v) is 25.8. The topological polar surface area (TPSA) is 133 Å². The molecule has 3 N–H and O–H groups in total. The van der Waals surface area contributed by atoms with E-state index in [9.17, 15) is 14.7 Å². The van der Waals surface area contributed by atoms with Crippen LogP contribution in [0.3, 0.4) is 0 Å². The van der Waals surface area contributed by atoms with Crippen LogP contribution in [0.1, 0.15) is 25.0 Å². The van der Waals surface area contributed by atoms with Crippen molar-refractivity contribution in [1.29, 1.82) is 0 Å². The average molecular weight is 610 g/mol.